The van der Waals surface area contributed by atoms with Crippen LogP contribution in [0.5, 0.6) is 11.5 Å². The molecule has 0 aliphatic rings. The molecule has 0 aliphatic carbocycles. The number of nitro groups is 2. The monoisotopic (exact) mass is 360 g/mol. The third-order valence-electron chi connectivity index (χ3n) is 3.66. The van der Waals surface area contributed by atoms with Gasteiger partial charge in [-0.05, 0) is 25.0 Å². The first-order valence-corrected chi connectivity index (χ1v) is 7.80. The normalized spacial score (nSPS) is 10.2. The summed E-state index contributed by atoms with van der Waals surface area (Å²) in [6, 6.07) is 7.76. The Morgan fingerprint density at radius 1 is 0.846 bits per heavy atom. The number of aryl methyl sites for hydroxylation is 2. The number of ether oxygens (including phenoxy) is 2. The molecule has 2 aromatic rings. The molecule has 0 spiro atoms. The summed E-state index contributed by atoms with van der Waals surface area (Å²) in [7, 11) is 0. The van der Waals surface area contributed by atoms with Crippen molar-refractivity contribution in [2.75, 3.05) is 0 Å². The van der Waals surface area contributed by atoms with E-state index in [0.717, 1.165) is 0 Å². The van der Waals surface area contributed by atoms with Crippen LogP contribution < -0.4 is 9.47 Å². The van der Waals surface area contributed by atoms with Crippen LogP contribution in [0.3, 0.4) is 0 Å². The first kappa shape index (κ1) is 18.8. The van der Waals surface area contributed by atoms with Crippen molar-refractivity contribution in [1.82, 2.24) is 0 Å². The highest BCUT2D eigenvalue weighted by Gasteiger charge is 2.17. The predicted molar refractivity (Wildman–Crippen MR) is 91.6 cm³/mol. The Balaban J connectivity index is 2.19. The molecule has 0 saturated carbocycles. The second kappa shape index (κ2) is 8.06. The number of benzene rings is 2. The van der Waals surface area contributed by atoms with E-state index in [0.29, 0.717) is 24.0 Å². The van der Waals surface area contributed by atoms with Gasteiger partial charge in [0.1, 0.15) is 11.5 Å². The summed E-state index contributed by atoms with van der Waals surface area (Å²) in [6.45, 7) is 3.53. The van der Waals surface area contributed by atoms with Gasteiger partial charge in [-0.15, -0.1) is 0 Å². The first-order valence-electron chi connectivity index (χ1n) is 7.80. The van der Waals surface area contributed by atoms with Crippen molar-refractivity contribution in [1.29, 1.82) is 0 Å². The molecular formula is C17H16N2O7. The fourth-order valence-electron chi connectivity index (χ4n) is 2.31. The average molecular weight is 360 g/mol. The molecule has 2 aromatic carbocycles. The van der Waals surface area contributed by atoms with Crippen molar-refractivity contribution < 1.29 is 24.1 Å². The second-order valence-electron chi connectivity index (χ2n) is 5.26. The summed E-state index contributed by atoms with van der Waals surface area (Å²) < 4.78 is 10.3. The van der Waals surface area contributed by atoms with Gasteiger partial charge in [-0.25, -0.2) is 4.79 Å². The zero-order valence-corrected chi connectivity index (χ0v) is 14.1. The van der Waals surface area contributed by atoms with E-state index in [1.807, 2.05) is 0 Å². The van der Waals surface area contributed by atoms with Gasteiger partial charge in [-0.2, -0.15) is 0 Å². The zero-order valence-electron chi connectivity index (χ0n) is 14.1. The number of hydrogen-bond donors (Lipinski definition) is 0. The largest absolute Gasteiger partial charge is 0.519 e. The van der Waals surface area contributed by atoms with Crippen LogP contribution in [0.15, 0.2) is 36.4 Å². The van der Waals surface area contributed by atoms with Gasteiger partial charge >= 0.3 is 6.16 Å². The van der Waals surface area contributed by atoms with Crippen molar-refractivity contribution in [2.24, 2.45) is 0 Å². The molecule has 0 saturated heterocycles. The van der Waals surface area contributed by atoms with E-state index in [1.165, 1.54) is 36.4 Å². The van der Waals surface area contributed by atoms with Crippen LogP contribution in [0, 0.1) is 20.2 Å². The second-order valence-corrected chi connectivity index (χ2v) is 5.26. The SMILES string of the molecule is CCc1cc([N+](=O)[O-])ccc1OC(=O)Oc1ccc([N+](=O)[O-])cc1CC. The van der Waals surface area contributed by atoms with Crippen molar-refractivity contribution in [3.05, 3.63) is 67.8 Å². The summed E-state index contributed by atoms with van der Waals surface area (Å²) in [5, 5.41) is 21.6. The van der Waals surface area contributed by atoms with Crippen LogP contribution in [0.25, 0.3) is 0 Å². The highest BCUT2D eigenvalue weighted by atomic mass is 16.7. The smallest absolute Gasteiger partial charge is 0.394 e. The maximum absolute atomic E-state index is 12.0. The van der Waals surface area contributed by atoms with Crippen molar-refractivity contribution in [2.45, 2.75) is 26.7 Å². The molecule has 26 heavy (non-hydrogen) atoms. The Morgan fingerprint density at radius 2 is 1.23 bits per heavy atom. The molecule has 0 amide bonds. The quantitative estimate of drug-likeness (QED) is 0.327. The lowest BCUT2D eigenvalue weighted by molar-refractivity contribution is -0.385. The number of rotatable bonds is 6. The van der Waals surface area contributed by atoms with E-state index in [4.69, 9.17) is 9.47 Å². The third kappa shape index (κ3) is 4.32. The summed E-state index contributed by atoms with van der Waals surface area (Å²) in [5.41, 5.74) is 0.753. The summed E-state index contributed by atoms with van der Waals surface area (Å²) >= 11 is 0. The Bertz CT molecular complexity index is 795. The van der Waals surface area contributed by atoms with Crippen molar-refractivity contribution in [3.63, 3.8) is 0 Å². The van der Waals surface area contributed by atoms with Gasteiger partial charge in [0.25, 0.3) is 11.4 Å². The molecule has 0 heterocycles. The fraction of sp³-hybridized carbons (Fsp3) is 0.235. The highest BCUT2D eigenvalue weighted by molar-refractivity contribution is 5.69. The molecule has 0 unspecified atom stereocenters. The number of nitrogens with zero attached hydrogens (tertiary/aromatic N) is 2. The van der Waals surface area contributed by atoms with Gasteiger partial charge in [0.15, 0.2) is 0 Å². The molecule has 9 nitrogen and oxygen atoms in total. The van der Waals surface area contributed by atoms with E-state index < -0.39 is 16.0 Å². The van der Waals surface area contributed by atoms with E-state index >= 15 is 0 Å². The van der Waals surface area contributed by atoms with E-state index in [9.17, 15) is 25.0 Å². The van der Waals surface area contributed by atoms with Gasteiger partial charge in [-0.3, -0.25) is 20.2 Å². The molecule has 0 aliphatic heterocycles. The topological polar surface area (TPSA) is 122 Å². The van der Waals surface area contributed by atoms with Gasteiger partial charge in [0.05, 0.1) is 9.85 Å². The maximum Gasteiger partial charge on any atom is 0.519 e. The minimum atomic E-state index is -1.03. The molecule has 136 valence electrons. The molecule has 0 fully saturated rings. The van der Waals surface area contributed by atoms with Crippen molar-refractivity contribution >= 4 is 17.5 Å². The van der Waals surface area contributed by atoms with Gasteiger partial charge in [-0.1, -0.05) is 13.8 Å². The number of hydrogen-bond acceptors (Lipinski definition) is 7. The Morgan fingerprint density at radius 3 is 1.54 bits per heavy atom. The Labute approximate surface area is 148 Å². The number of nitro benzene ring substituents is 2. The lowest BCUT2D eigenvalue weighted by Crippen LogP contribution is -2.15. The molecule has 9 heteroatoms. The van der Waals surface area contributed by atoms with Crippen LogP contribution in [-0.2, 0) is 12.8 Å². The molecule has 2 rings (SSSR count). The maximum atomic E-state index is 12.0. The van der Waals surface area contributed by atoms with E-state index in [-0.39, 0.29) is 22.9 Å². The zero-order chi connectivity index (χ0) is 19.3. The Kier molecular flexibility index (Phi) is 5.84. The number of carbonyl (C=O) groups excluding carboxylic acids is 1. The lowest BCUT2D eigenvalue weighted by atomic mass is 10.1. The van der Waals surface area contributed by atoms with Crippen LogP contribution in [0.2, 0.25) is 0 Å². The third-order valence-corrected chi connectivity index (χ3v) is 3.66. The summed E-state index contributed by atoms with van der Waals surface area (Å²) in [4.78, 5) is 32.6. The fourth-order valence-corrected chi connectivity index (χ4v) is 2.31. The molecule has 0 aromatic heterocycles. The molecule has 0 bridgehead atoms. The number of non-ortho nitro benzene ring substituents is 2. The van der Waals surface area contributed by atoms with Gasteiger partial charge in [0.2, 0.25) is 0 Å². The molecule has 0 radical (unpaired) electrons. The predicted octanol–water partition coefficient (Wildman–Crippen LogP) is 4.21. The highest BCUT2D eigenvalue weighted by Crippen LogP contribution is 2.27. The van der Waals surface area contributed by atoms with Gasteiger partial charge < -0.3 is 9.47 Å². The standard InChI is InChI=1S/C17H16N2O7/c1-3-11-9-13(18(21)22)5-7-15(11)25-17(20)26-16-8-6-14(19(23)24)10-12(16)4-2/h5-10H,3-4H2,1-2H3. The van der Waals surface area contributed by atoms with Crippen LogP contribution in [0.1, 0.15) is 25.0 Å². The lowest BCUT2D eigenvalue weighted by Gasteiger charge is -2.11. The van der Waals surface area contributed by atoms with E-state index in [1.54, 1.807) is 13.8 Å². The molecule has 0 atom stereocenters. The Hall–Kier alpha value is -3.49. The van der Waals surface area contributed by atoms with Gasteiger partial charge in [0, 0.05) is 35.4 Å². The minimum Gasteiger partial charge on any atom is -0.394 e. The minimum absolute atomic E-state index is 0.105. The van der Waals surface area contributed by atoms with Crippen LogP contribution in [0.4, 0.5) is 16.2 Å². The van der Waals surface area contributed by atoms with Crippen LogP contribution in [-0.4, -0.2) is 16.0 Å². The van der Waals surface area contributed by atoms with E-state index in [2.05, 4.69) is 0 Å². The first-order chi connectivity index (χ1) is 12.3. The summed E-state index contributed by atoms with van der Waals surface area (Å²) in [5.74, 6) is 0.311. The summed E-state index contributed by atoms with van der Waals surface area (Å²) in [6.07, 6.45) is -0.193. The van der Waals surface area contributed by atoms with Crippen LogP contribution >= 0.6 is 0 Å². The van der Waals surface area contributed by atoms with Crippen molar-refractivity contribution in [3.8, 4) is 11.5 Å². The molecular weight excluding hydrogens is 344 g/mol. The molecule has 0 N–H and O–H groups in total. The number of carbonyl (C=O) groups is 1. The average Bonchev–Trinajstić information content (AvgIpc) is 2.61.